The van der Waals surface area contributed by atoms with Crippen molar-refractivity contribution < 1.29 is 43.9 Å². The largest absolute Gasteiger partial charge is 0.430 e. The lowest BCUT2D eigenvalue weighted by Gasteiger charge is -2.44. The van der Waals surface area contributed by atoms with Crippen molar-refractivity contribution >= 4 is 9.84 Å². The minimum Gasteiger partial charge on any atom is -0.349 e. The number of hydrogen-bond acceptors (Lipinski definition) is 4. The predicted molar refractivity (Wildman–Crippen MR) is 124 cm³/mol. The Morgan fingerprint density at radius 2 is 1.34 bits per heavy atom. The first-order chi connectivity index (χ1) is 17.6. The molecule has 0 unspecified atom stereocenters. The molecule has 0 amide bonds. The van der Waals surface area contributed by atoms with Gasteiger partial charge in [0, 0.05) is 5.56 Å². The van der Waals surface area contributed by atoms with Crippen molar-refractivity contribution in [2.75, 3.05) is 0 Å². The van der Waals surface area contributed by atoms with Gasteiger partial charge in [-0.2, -0.15) is 26.3 Å². The number of hydrogen-bond donors (Lipinski definition) is 1. The highest BCUT2D eigenvalue weighted by Gasteiger charge is 2.73. The molecule has 4 rings (SSSR count). The third kappa shape index (κ3) is 4.80. The summed E-state index contributed by atoms with van der Waals surface area (Å²) < 4.78 is 128. The summed E-state index contributed by atoms with van der Waals surface area (Å²) in [6.07, 6.45) is -11.9. The number of sulfone groups is 1. The molecule has 0 heterocycles. The Morgan fingerprint density at radius 1 is 0.816 bits per heavy atom. The summed E-state index contributed by atoms with van der Waals surface area (Å²) in [5.74, 6) is -1.16. The van der Waals surface area contributed by atoms with Gasteiger partial charge in [0.15, 0.2) is 9.84 Å². The maximum atomic E-state index is 14.1. The van der Waals surface area contributed by atoms with E-state index in [0.29, 0.717) is 17.7 Å². The molecule has 38 heavy (non-hydrogen) atoms. The molecule has 0 radical (unpaired) electrons. The first-order valence-electron chi connectivity index (χ1n) is 11.3. The normalized spacial score (nSPS) is 20.7. The summed E-state index contributed by atoms with van der Waals surface area (Å²) in [5, 5.41) is 0. The number of rotatable bonds is 7. The van der Waals surface area contributed by atoms with Crippen molar-refractivity contribution in [2.24, 2.45) is 5.73 Å². The summed E-state index contributed by atoms with van der Waals surface area (Å²) in [5.41, 5.74) is 0.791. The second-order valence-corrected chi connectivity index (χ2v) is 11.5. The van der Waals surface area contributed by atoms with Gasteiger partial charge >= 0.3 is 12.4 Å². The lowest BCUT2D eigenvalue weighted by atomic mass is 9.75. The molecule has 3 aromatic carbocycles. The van der Waals surface area contributed by atoms with Crippen molar-refractivity contribution in [1.82, 2.24) is 0 Å². The summed E-state index contributed by atoms with van der Waals surface area (Å²) in [6.45, 7) is -0.943. The first-order valence-corrected chi connectivity index (χ1v) is 12.8. The van der Waals surface area contributed by atoms with Crippen LogP contribution in [-0.2, 0) is 26.8 Å². The maximum absolute atomic E-state index is 14.1. The van der Waals surface area contributed by atoms with Crippen LogP contribution in [-0.4, -0.2) is 25.6 Å². The first kappa shape index (κ1) is 28.1. The number of ether oxygens (including phenoxy) is 1. The minimum atomic E-state index is -5.84. The molecule has 1 aliphatic carbocycles. The molecule has 1 saturated carbocycles. The van der Waals surface area contributed by atoms with Gasteiger partial charge in [-0.15, -0.1) is 0 Å². The Balaban J connectivity index is 1.59. The molecular formula is C26H22F7NO3S. The fourth-order valence-corrected chi connectivity index (χ4v) is 6.37. The lowest BCUT2D eigenvalue weighted by Crippen LogP contribution is -2.56. The molecule has 1 aliphatic rings. The Bertz CT molecular complexity index is 1350. The van der Waals surface area contributed by atoms with E-state index in [-0.39, 0.29) is 23.3 Å². The van der Waals surface area contributed by atoms with E-state index in [1.165, 1.54) is 24.3 Å². The van der Waals surface area contributed by atoms with Crippen LogP contribution in [0.5, 0.6) is 0 Å². The summed E-state index contributed by atoms with van der Waals surface area (Å²) in [4.78, 5) is -1.90. The third-order valence-corrected chi connectivity index (χ3v) is 9.02. The molecule has 204 valence electrons. The van der Waals surface area contributed by atoms with Gasteiger partial charge < -0.3 is 10.5 Å². The van der Waals surface area contributed by atoms with Gasteiger partial charge in [-0.3, -0.25) is 0 Å². The molecule has 0 bridgehead atoms. The summed E-state index contributed by atoms with van der Waals surface area (Å²) in [6, 6.07) is 14.8. The van der Waals surface area contributed by atoms with E-state index >= 15 is 0 Å². The second-order valence-electron chi connectivity index (χ2n) is 9.20. The van der Waals surface area contributed by atoms with Crippen molar-refractivity contribution in [3.63, 3.8) is 0 Å². The van der Waals surface area contributed by atoms with Gasteiger partial charge in [-0.1, -0.05) is 54.6 Å². The topological polar surface area (TPSA) is 69.4 Å². The van der Waals surface area contributed by atoms with Gasteiger partial charge in [-0.25, -0.2) is 12.8 Å². The minimum absolute atomic E-state index is 0.123. The Labute approximate surface area is 214 Å². The number of alkyl halides is 6. The third-order valence-electron chi connectivity index (χ3n) is 6.73. The number of halogens is 7. The van der Waals surface area contributed by atoms with Crippen LogP contribution >= 0.6 is 0 Å². The van der Waals surface area contributed by atoms with Crippen LogP contribution in [0.4, 0.5) is 30.7 Å². The van der Waals surface area contributed by atoms with Gasteiger partial charge in [0.25, 0.3) is 5.60 Å². The Hall–Kier alpha value is -2.96. The molecule has 0 aliphatic heterocycles. The molecule has 0 spiro atoms. The standard InChI is InChI=1S/C26H22F7NO3S/c27-21-10-12-22(13-11-21)38(35,36)23(34)14-19(15-23)18-6-8-20(9-7-18)24(25(28,29)30,26(31,32)33)37-16-17-4-2-1-3-5-17/h1-13,19H,14-16,34H2. The average molecular weight is 562 g/mol. The van der Waals surface area contributed by atoms with Crippen molar-refractivity contribution in [3.05, 3.63) is 101 Å². The zero-order valence-corrected chi connectivity index (χ0v) is 20.4. The van der Waals surface area contributed by atoms with Crippen LogP contribution < -0.4 is 5.73 Å². The molecule has 3 aromatic rings. The van der Waals surface area contributed by atoms with Crippen LogP contribution in [0.25, 0.3) is 0 Å². The van der Waals surface area contributed by atoms with E-state index in [0.717, 1.165) is 36.4 Å². The maximum Gasteiger partial charge on any atom is 0.430 e. The Morgan fingerprint density at radius 3 is 1.84 bits per heavy atom. The van der Waals surface area contributed by atoms with E-state index in [2.05, 4.69) is 4.74 Å². The summed E-state index contributed by atoms with van der Waals surface area (Å²) in [7, 11) is -4.07. The zero-order chi connectivity index (χ0) is 28.0. The molecule has 0 atom stereocenters. The van der Waals surface area contributed by atoms with Gasteiger partial charge in [0.05, 0.1) is 11.5 Å². The number of benzene rings is 3. The van der Waals surface area contributed by atoms with E-state index < -0.39 is 56.6 Å². The zero-order valence-electron chi connectivity index (χ0n) is 19.6. The SMILES string of the molecule is NC1(S(=O)(=O)c2ccc(F)cc2)CC(c2ccc(C(OCc3ccccc3)(C(F)(F)F)C(F)(F)F)cc2)C1. The monoisotopic (exact) mass is 561 g/mol. The molecular weight excluding hydrogens is 539 g/mol. The average Bonchev–Trinajstić information content (AvgIpc) is 2.82. The quantitative estimate of drug-likeness (QED) is 0.269. The smallest absolute Gasteiger partial charge is 0.349 e. The van der Waals surface area contributed by atoms with Crippen LogP contribution in [0.2, 0.25) is 0 Å². The molecule has 4 nitrogen and oxygen atoms in total. The van der Waals surface area contributed by atoms with E-state index in [9.17, 15) is 39.2 Å². The molecule has 2 N–H and O–H groups in total. The lowest BCUT2D eigenvalue weighted by molar-refractivity contribution is -0.392. The fourth-order valence-electron chi connectivity index (χ4n) is 4.57. The van der Waals surface area contributed by atoms with E-state index in [1.54, 1.807) is 6.07 Å². The summed E-state index contributed by atoms with van der Waals surface area (Å²) >= 11 is 0. The van der Waals surface area contributed by atoms with Crippen molar-refractivity contribution in [2.45, 2.75) is 53.1 Å². The highest BCUT2D eigenvalue weighted by molar-refractivity contribution is 7.92. The molecule has 0 aromatic heterocycles. The van der Waals surface area contributed by atoms with Gasteiger partial charge in [-0.05, 0) is 54.2 Å². The van der Waals surface area contributed by atoms with Crippen molar-refractivity contribution in [3.8, 4) is 0 Å². The highest BCUT2D eigenvalue weighted by atomic mass is 32.2. The highest BCUT2D eigenvalue weighted by Crippen LogP contribution is 2.54. The number of nitrogens with two attached hydrogens (primary N) is 1. The van der Waals surface area contributed by atoms with Crippen LogP contribution in [0.15, 0.2) is 83.8 Å². The molecule has 0 saturated heterocycles. The fraction of sp³-hybridized carbons (Fsp3) is 0.308. The van der Waals surface area contributed by atoms with Crippen LogP contribution in [0, 0.1) is 5.82 Å². The van der Waals surface area contributed by atoms with Crippen molar-refractivity contribution in [1.29, 1.82) is 0 Å². The Kier molecular flexibility index (Phi) is 7.13. The van der Waals surface area contributed by atoms with Gasteiger partial charge in [0.1, 0.15) is 10.7 Å². The molecule has 1 fully saturated rings. The second kappa shape index (κ2) is 9.65. The van der Waals surface area contributed by atoms with Crippen LogP contribution in [0.3, 0.4) is 0 Å². The van der Waals surface area contributed by atoms with Gasteiger partial charge in [0.2, 0.25) is 0 Å². The molecule has 12 heteroatoms. The van der Waals surface area contributed by atoms with E-state index in [1.807, 2.05) is 0 Å². The predicted octanol–water partition coefficient (Wildman–Crippen LogP) is 6.37. The van der Waals surface area contributed by atoms with E-state index in [4.69, 9.17) is 5.73 Å². The van der Waals surface area contributed by atoms with Crippen LogP contribution in [0.1, 0.15) is 35.4 Å².